The number of halogens is 1. The summed E-state index contributed by atoms with van der Waals surface area (Å²) in [6.45, 7) is 3.18. The van der Waals surface area contributed by atoms with Gasteiger partial charge in [0.15, 0.2) is 11.9 Å². The lowest BCUT2D eigenvalue weighted by Gasteiger charge is -2.13. The van der Waals surface area contributed by atoms with Crippen molar-refractivity contribution in [3.05, 3.63) is 55.2 Å². The smallest absolute Gasteiger partial charge is 0.313 e. The number of hydrogen-bond donors (Lipinski definition) is 0. The van der Waals surface area contributed by atoms with E-state index in [1.165, 1.54) is 6.07 Å². The molecule has 2 aromatic rings. The summed E-state index contributed by atoms with van der Waals surface area (Å²) in [5, 5.41) is 11.1. The Morgan fingerprint density at radius 2 is 2.10 bits per heavy atom. The molecule has 0 spiro atoms. The molecule has 1 heterocycles. The van der Waals surface area contributed by atoms with Crippen molar-refractivity contribution in [3.63, 3.8) is 0 Å². The Bertz CT molecular complexity index is 698. The van der Waals surface area contributed by atoms with E-state index in [0.29, 0.717) is 14.8 Å². The van der Waals surface area contributed by atoms with E-state index < -0.39 is 11.0 Å². The third-order valence-electron chi connectivity index (χ3n) is 2.87. The van der Waals surface area contributed by atoms with E-state index in [9.17, 15) is 14.9 Å². The minimum atomic E-state index is -0.833. The number of thiophene rings is 1. The summed E-state index contributed by atoms with van der Waals surface area (Å²) in [5.41, 5.74) is 0.359. The van der Waals surface area contributed by atoms with E-state index in [2.05, 4.69) is 0 Å². The molecule has 0 N–H and O–H groups in total. The van der Waals surface area contributed by atoms with Crippen LogP contribution in [-0.4, -0.2) is 16.8 Å². The van der Waals surface area contributed by atoms with Crippen LogP contribution in [0.25, 0.3) is 0 Å². The van der Waals surface area contributed by atoms with Gasteiger partial charge in [-0.25, -0.2) is 0 Å². The fourth-order valence-electron chi connectivity index (χ4n) is 1.85. The molecule has 110 valence electrons. The lowest BCUT2D eigenvalue weighted by atomic mass is 10.2. The predicted octanol–water partition coefficient (Wildman–Crippen LogP) is 4.27. The van der Waals surface area contributed by atoms with Gasteiger partial charge in [-0.15, -0.1) is 11.3 Å². The van der Waals surface area contributed by atoms with Crippen molar-refractivity contribution in [2.75, 3.05) is 0 Å². The number of carbonyl (C=O) groups excluding carboxylic acids is 1. The largest absolute Gasteiger partial charge is 0.475 e. The number of nitro benzene ring substituents is 1. The fraction of sp³-hybridized carbons (Fsp3) is 0.214. The first-order chi connectivity index (χ1) is 9.90. The molecule has 0 fully saturated rings. The first kappa shape index (κ1) is 15.5. The van der Waals surface area contributed by atoms with Gasteiger partial charge in [0.1, 0.15) is 0 Å². The van der Waals surface area contributed by atoms with Gasteiger partial charge < -0.3 is 4.74 Å². The number of benzene rings is 1. The van der Waals surface area contributed by atoms with E-state index in [0.717, 1.165) is 11.3 Å². The van der Waals surface area contributed by atoms with Crippen LogP contribution in [0.3, 0.4) is 0 Å². The second-order valence-electron chi connectivity index (χ2n) is 4.41. The average molecular weight is 326 g/mol. The van der Waals surface area contributed by atoms with Crippen LogP contribution in [0.4, 0.5) is 5.69 Å². The van der Waals surface area contributed by atoms with Gasteiger partial charge in [0.05, 0.1) is 14.1 Å². The molecule has 0 aliphatic carbocycles. The van der Waals surface area contributed by atoms with E-state index >= 15 is 0 Å². The summed E-state index contributed by atoms with van der Waals surface area (Å²) in [4.78, 5) is 23.2. The zero-order chi connectivity index (χ0) is 15.6. The van der Waals surface area contributed by atoms with Crippen molar-refractivity contribution in [1.29, 1.82) is 0 Å². The number of Topliss-reactive ketones (excluding diaryl/α,β-unsaturated/α-hetero) is 1. The lowest BCUT2D eigenvalue weighted by molar-refractivity contribution is -0.386. The van der Waals surface area contributed by atoms with Crippen molar-refractivity contribution in [1.82, 2.24) is 0 Å². The van der Waals surface area contributed by atoms with Gasteiger partial charge in [0, 0.05) is 5.56 Å². The summed E-state index contributed by atoms with van der Waals surface area (Å²) < 4.78 is 5.99. The number of nitro groups is 1. The Hall–Kier alpha value is -1.92. The molecule has 1 atom stereocenters. The molecule has 2 rings (SSSR count). The van der Waals surface area contributed by atoms with Crippen LogP contribution in [0.1, 0.15) is 22.2 Å². The highest BCUT2D eigenvalue weighted by molar-refractivity contribution is 7.18. The summed E-state index contributed by atoms with van der Waals surface area (Å²) in [6, 6.07) is 7.99. The van der Waals surface area contributed by atoms with Crippen LogP contribution in [0.5, 0.6) is 5.75 Å². The molecule has 1 unspecified atom stereocenters. The molecular weight excluding hydrogens is 314 g/mol. The molecule has 0 saturated carbocycles. The van der Waals surface area contributed by atoms with Gasteiger partial charge in [0.25, 0.3) is 0 Å². The Labute approximate surface area is 130 Å². The van der Waals surface area contributed by atoms with Crippen LogP contribution >= 0.6 is 22.9 Å². The van der Waals surface area contributed by atoms with Gasteiger partial charge in [-0.1, -0.05) is 23.7 Å². The van der Waals surface area contributed by atoms with Crippen LogP contribution in [0.2, 0.25) is 4.34 Å². The average Bonchev–Trinajstić information content (AvgIpc) is 2.84. The van der Waals surface area contributed by atoms with Crippen molar-refractivity contribution in [3.8, 4) is 5.75 Å². The van der Waals surface area contributed by atoms with Gasteiger partial charge >= 0.3 is 5.69 Å². The Morgan fingerprint density at radius 1 is 1.38 bits per heavy atom. The minimum Gasteiger partial charge on any atom is -0.475 e. The van der Waals surface area contributed by atoms with Crippen molar-refractivity contribution >= 4 is 34.4 Å². The van der Waals surface area contributed by atoms with Gasteiger partial charge in [-0.2, -0.15) is 0 Å². The fourth-order valence-corrected chi connectivity index (χ4v) is 2.91. The molecule has 0 amide bonds. The normalized spacial score (nSPS) is 12.0. The number of ketones is 1. The zero-order valence-corrected chi connectivity index (χ0v) is 12.9. The van der Waals surface area contributed by atoms with Gasteiger partial charge in [-0.3, -0.25) is 14.9 Å². The molecule has 7 heteroatoms. The number of rotatable bonds is 5. The van der Waals surface area contributed by atoms with Crippen LogP contribution < -0.4 is 4.74 Å². The molecule has 0 bridgehead atoms. The monoisotopic (exact) mass is 325 g/mol. The topological polar surface area (TPSA) is 69.4 Å². The molecule has 21 heavy (non-hydrogen) atoms. The van der Waals surface area contributed by atoms with E-state index in [1.807, 2.05) is 0 Å². The highest BCUT2D eigenvalue weighted by Gasteiger charge is 2.24. The SMILES string of the molecule is Cc1cccc(OC(C)C(=O)c2ccc(Cl)s2)c1[N+](=O)[O-]. The quantitative estimate of drug-likeness (QED) is 0.467. The van der Waals surface area contributed by atoms with Crippen molar-refractivity contribution < 1.29 is 14.5 Å². The summed E-state index contributed by atoms with van der Waals surface area (Å²) >= 11 is 6.94. The molecule has 0 saturated heterocycles. The maximum atomic E-state index is 12.2. The third-order valence-corrected chi connectivity index (χ3v) is 4.12. The zero-order valence-electron chi connectivity index (χ0n) is 11.3. The molecule has 0 aliphatic rings. The second-order valence-corrected chi connectivity index (χ2v) is 6.12. The first-order valence-electron chi connectivity index (χ1n) is 6.10. The number of aryl methyl sites for hydroxylation is 1. The summed E-state index contributed by atoms with van der Waals surface area (Å²) in [6.07, 6.45) is -0.833. The van der Waals surface area contributed by atoms with E-state index in [1.54, 1.807) is 38.1 Å². The molecule has 0 aliphatic heterocycles. The highest BCUT2D eigenvalue weighted by Crippen LogP contribution is 2.31. The Kier molecular flexibility index (Phi) is 4.59. The number of hydrogen-bond acceptors (Lipinski definition) is 5. The van der Waals surface area contributed by atoms with Crippen LogP contribution in [0.15, 0.2) is 30.3 Å². The van der Waals surface area contributed by atoms with Crippen LogP contribution in [0, 0.1) is 17.0 Å². The first-order valence-corrected chi connectivity index (χ1v) is 7.30. The number of nitrogens with zero attached hydrogens (tertiary/aromatic N) is 1. The summed E-state index contributed by atoms with van der Waals surface area (Å²) in [7, 11) is 0. The van der Waals surface area contributed by atoms with E-state index in [-0.39, 0.29) is 17.2 Å². The van der Waals surface area contributed by atoms with Crippen molar-refractivity contribution in [2.24, 2.45) is 0 Å². The van der Waals surface area contributed by atoms with Gasteiger partial charge in [0.2, 0.25) is 5.78 Å². The van der Waals surface area contributed by atoms with Crippen LogP contribution in [-0.2, 0) is 0 Å². The molecule has 1 aromatic carbocycles. The molecule has 1 aromatic heterocycles. The van der Waals surface area contributed by atoms with E-state index in [4.69, 9.17) is 16.3 Å². The Balaban J connectivity index is 2.24. The van der Waals surface area contributed by atoms with Crippen molar-refractivity contribution in [2.45, 2.75) is 20.0 Å². The third kappa shape index (κ3) is 3.40. The maximum Gasteiger partial charge on any atom is 0.313 e. The lowest BCUT2D eigenvalue weighted by Crippen LogP contribution is -2.23. The standard InChI is InChI=1S/C14H12ClNO4S/c1-8-4-3-5-10(13(8)16(18)19)20-9(2)14(17)11-6-7-12(15)21-11/h3-7,9H,1-2H3. The number of para-hydroxylation sites is 1. The maximum absolute atomic E-state index is 12.2. The van der Waals surface area contributed by atoms with Gasteiger partial charge in [-0.05, 0) is 32.0 Å². The second kappa shape index (κ2) is 6.24. The molecule has 0 radical (unpaired) electrons. The molecule has 5 nitrogen and oxygen atoms in total. The number of carbonyl (C=O) groups is 1. The molecular formula is C14H12ClNO4S. The number of ether oxygens (including phenoxy) is 1. The Morgan fingerprint density at radius 3 is 2.67 bits per heavy atom. The predicted molar refractivity (Wildman–Crippen MR) is 81.6 cm³/mol. The summed E-state index contributed by atoms with van der Waals surface area (Å²) in [5.74, 6) is -0.175. The minimum absolute atomic E-state index is 0.0866. The highest BCUT2D eigenvalue weighted by atomic mass is 35.5.